The van der Waals surface area contributed by atoms with E-state index in [4.69, 9.17) is 5.26 Å². The van der Waals surface area contributed by atoms with E-state index in [0.717, 1.165) is 30.9 Å². The van der Waals surface area contributed by atoms with Crippen molar-refractivity contribution in [3.05, 3.63) is 59.2 Å². The molecule has 0 aliphatic carbocycles. The number of hydrogen-bond donors (Lipinski definition) is 0. The quantitative estimate of drug-likeness (QED) is 0.798. The molecule has 4 nitrogen and oxygen atoms in total. The van der Waals surface area contributed by atoms with E-state index < -0.39 is 0 Å². The van der Waals surface area contributed by atoms with Crippen LogP contribution in [0.5, 0.6) is 0 Å². The predicted octanol–water partition coefficient (Wildman–Crippen LogP) is 1.86. The van der Waals surface area contributed by atoms with Gasteiger partial charge in [-0.3, -0.25) is 4.90 Å². The zero-order valence-corrected chi connectivity index (χ0v) is 9.87. The first kappa shape index (κ1) is 10.9. The van der Waals surface area contributed by atoms with Crippen LogP contribution in [0.4, 0.5) is 0 Å². The molecule has 1 aromatic heterocycles. The molecule has 1 aromatic carbocycles. The van der Waals surface area contributed by atoms with Crippen molar-refractivity contribution in [2.45, 2.75) is 19.6 Å². The van der Waals surface area contributed by atoms with E-state index in [2.05, 4.69) is 27.0 Å². The lowest BCUT2D eigenvalue weighted by atomic mass is 10.2. The van der Waals surface area contributed by atoms with Gasteiger partial charge in [-0.1, -0.05) is 30.3 Å². The minimum atomic E-state index is 0.260. The summed E-state index contributed by atoms with van der Waals surface area (Å²) in [5, 5.41) is 8.78. The maximum atomic E-state index is 8.78. The summed E-state index contributed by atoms with van der Waals surface area (Å²) in [5.41, 5.74) is 3.40. The van der Waals surface area contributed by atoms with Gasteiger partial charge in [0, 0.05) is 31.4 Å². The average molecular weight is 236 g/mol. The normalized spacial score (nSPS) is 14.2. The number of fused-ring (bicyclic) bond motifs is 1. The van der Waals surface area contributed by atoms with Crippen LogP contribution >= 0.6 is 0 Å². The zero-order valence-electron chi connectivity index (χ0n) is 9.87. The monoisotopic (exact) mass is 236 g/mol. The van der Waals surface area contributed by atoms with E-state index in [0.29, 0.717) is 0 Å². The Morgan fingerprint density at radius 3 is 2.83 bits per heavy atom. The number of benzene rings is 1. The van der Waals surface area contributed by atoms with Crippen molar-refractivity contribution < 1.29 is 0 Å². The molecular weight excluding hydrogens is 224 g/mol. The molecule has 2 aromatic rings. The molecule has 1 aliphatic heterocycles. The minimum Gasteiger partial charge on any atom is -0.289 e. The second-order valence-corrected chi connectivity index (χ2v) is 4.41. The first-order valence-corrected chi connectivity index (χ1v) is 5.86. The Morgan fingerprint density at radius 2 is 2.06 bits per heavy atom. The van der Waals surface area contributed by atoms with Crippen LogP contribution in [-0.2, 0) is 19.6 Å². The highest BCUT2D eigenvalue weighted by atomic mass is 15.2. The molecule has 0 fully saturated rings. The SMILES string of the molecule is N#Cc1ncc2c(n1)CN(Cc1ccccc1)C2. The number of nitrogens with zero attached hydrogens (tertiary/aromatic N) is 4. The first-order valence-electron chi connectivity index (χ1n) is 5.86. The second kappa shape index (κ2) is 4.55. The molecule has 0 bridgehead atoms. The molecule has 0 saturated heterocycles. The molecule has 0 saturated carbocycles. The van der Waals surface area contributed by atoms with Crippen LogP contribution in [0, 0.1) is 11.3 Å². The van der Waals surface area contributed by atoms with Crippen LogP contribution < -0.4 is 0 Å². The third-order valence-electron chi connectivity index (χ3n) is 3.07. The summed E-state index contributed by atoms with van der Waals surface area (Å²) in [4.78, 5) is 10.6. The summed E-state index contributed by atoms with van der Waals surface area (Å²) in [7, 11) is 0. The molecule has 18 heavy (non-hydrogen) atoms. The number of rotatable bonds is 2. The van der Waals surface area contributed by atoms with Crippen LogP contribution in [0.2, 0.25) is 0 Å². The Morgan fingerprint density at radius 1 is 1.22 bits per heavy atom. The van der Waals surface area contributed by atoms with Gasteiger partial charge < -0.3 is 0 Å². The summed E-state index contributed by atoms with van der Waals surface area (Å²) in [5.74, 6) is 0.260. The molecule has 0 radical (unpaired) electrons. The number of hydrogen-bond acceptors (Lipinski definition) is 4. The fourth-order valence-electron chi connectivity index (χ4n) is 2.23. The first-order chi connectivity index (χ1) is 8.85. The van der Waals surface area contributed by atoms with Crippen LogP contribution in [0.15, 0.2) is 36.5 Å². The van der Waals surface area contributed by atoms with Gasteiger partial charge in [-0.15, -0.1) is 0 Å². The molecule has 0 N–H and O–H groups in total. The molecule has 0 atom stereocenters. The Kier molecular flexibility index (Phi) is 2.75. The largest absolute Gasteiger partial charge is 0.289 e. The van der Waals surface area contributed by atoms with Gasteiger partial charge in [0.25, 0.3) is 0 Å². The summed E-state index contributed by atoms with van der Waals surface area (Å²) in [6.45, 7) is 2.55. The summed E-state index contributed by atoms with van der Waals surface area (Å²) in [6, 6.07) is 12.3. The fraction of sp³-hybridized carbons (Fsp3) is 0.214. The molecule has 0 spiro atoms. The molecule has 1 aliphatic rings. The van der Waals surface area contributed by atoms with E-state index >= 15 is 0 Å². The summed E-state index contributed by atoms with van der Waals surface area (Å²) in [6.07, 6.45) is 1.77. The number of nitriles is 1. The summed E-state index contributed by atoms with van der Waals surface area (Å²) < 4.78 is 0. The smallest absolute Gasteiger partial charge is 0.232 e. The van der Waals surface area contributed by atoms with Gasteiger partial charge in [-0.05, 0) is 5.56 Å². The molecule has 0 unspecified atom stereocenters. The molecule has 2 heterocycles. The molecular formula is C14H12N4. The van der Waals surface area contributed by atoms with Crippen molar-refractivity contribution in [1.82, 2.24) is 14.9 Å². The van der Waals surface area contributed by atoms with Crippen LogP contribution in [0.3, 0.4) is 0 Å². The maximum Gasteiger partial charge on any atom is 0.232 e. The lowest BCUT2D eigenvalue weighted by molar-refractivity contribution is 0.274. The van der Waals surface area contributed by atoms with Crippen molar-refractivity contribution in [2.75, 3.05) is 0 Å². The van der Waals surface area contributed by atoms with Crippen LogP contribution in [0.25, 0.3) is 0 Å². The maximum absolute atomic E-state index is 8.78. The van der Waals surface area contributed by atoms with E-state index in [-0.39, 0.29) is 5.82 Å². The lowest BCUT2D eigenvalue weighted by Crippen LogP contribution is -2.15. The molecule has 4 heteroatoms. The number of aromatic nitrogens is 2. The highest BCUT2D eigenvalue weighted by Crippen LogP contribution is 2.21. The average Bonchev–Trinajstić information content (AvgIpc) is 2.80. The third-order valence-corrected chi connectivity index (χ3v) is 3.07. The van der Waals surface area contributed by atoms with Crippen molar-refractivity contribution in [3.63, 3.8) is 0 Å². The Labute approximate surface area is 106 Å². The van der Waals surface area contributed by atoms with Crippen LogP contribution in [0.1, 0.15) is 22.6 Å². The summed E-state index contributed by atoms with van der Waals surface area (Å²) >= 11 is 0. The highest BCUT2D eigenvalue weighted by molar-refractivity contribution is 5.25. The van der Waals surface area contributed by atoms with E-state index in [1.54, 1.807) is 6.20 Å². The molecule has 88 valence electrons. The van der Waals surface area contributed by atoms with Gasteiger partial charge in [0.15, 0.2) is 0 Å². The van der Waals surface area contributed by atoms with Gasteiger partial charge in [0.2, 0.25) is 5.82 Å². The van der Waals surface area contributed by atoms with Crippen molar-refractivity contribution in [2.24, 2.45) is 0 Å². The van der Waals surface area contributed by atoms with Crippen LogP contribution in [-0.4, -0.2) is 14.9 Å². The standard InChI is InChI=1S/C14H12N4/c15-6-14-16-7-12-9-18(10-13(12)17-14)8-11-4-2-1-3-5-11/h1-5,7H,8-10H2. The van der Waals surface area contributed by atoms with Crippen molar-refractivity contribution >= 4 is 0 Å². The Hall–Kier alpha value is -2.25. The Bertz CT molecular complexity index is 601. The highest BCUT2D eigenvalue weighted by Gasteiger charge is 2.21. The Balaban J connectivity index is 1.75. The van der Waals surface area contributed by atoms with E-state index in [1.807, 2.05) is 24.3 Å². The van der Waals surface area contributed by atoms with Gasteiger partial charge >= 0.3 is 0 Å². The van der Waals surface area contributed by atoms with Gasteiger partial charge in [0.05, 0.1) is 5.69 Å². The van der Waals surface area contributed by atoms with E-state index in [1.165, 1.54) is 5.56 Å². The topological polar surface area (TPSA) is 52.8 Å². The minimum absolute atomic E-state index is 0.260. The van der Waals surface area contributed by atoms with Crippen molar-refractivity contribution in [3.8, 4) is 6.07 Å². The van der Waals surface area contributed by atoms with E-state index in [9.17, 15) is 0 Å². The molecule has 3 rings (SSSR count). The molecule has 0 amide bonds. The van der Waals surface area contributed by atoms with Crippen molar-refractivity contribution in [1.29, 1.82) is 5.26 Å². The predicted molar refractivity (Wildman–Crippen MR) is 66.1 cm³/mol. The lowest BCUT2D eigenvalue weighted by Gasteiger charge is -2.13. The third kappa shape index (κ3) is 2.08. The van der Waals surface area contributed by atoms with Gasteiger partial charge in [-0.25, -0.2) is 9.97 Å². The fourth-order valence-corrected chi connectivity index (χ4v) is 2.23. The van der Waals surface area contributed by atoms with Gasteiger partial charge in [0.1, 0.15) is 6.07 Å². The second-order valence-electron chi connectivity index (χ2n) is 4.41. The van der Waals surface area contributed by atoms with Gasteiger partial charge in [-0.2, -0.15) is 5.26 Å². The zero-order chi connectivity index (χ0) is 12.4.